The molecule has 0 aromatic rings. The van der Waals surface area contributed by atoms with Crippen LogP contribution in [0.5, 0.6) is 0 Å². The number of hydrogen-bond donors (Lipinski definition) is 3. The molecule has 0 spiro atoms. The zero-order chi connectivity index (χ0) is 12.9. The van der Waals surface area contributed by atoms with Crippen molar-refractivity contribution in [2.24, 2.45) is 0 Å². The summed E-state index contributed by atoms with van der Waals surface area (Å²) in [6.45, 7) is 1.53. The van der Waals surface area contributed by atoms with E-state index in [4.69, 9.17) is 5.11 Å². The molecule has 0 aromatic heterocycles. The lowest BCUT2D eigenvalue weighted by molar-refractivity contribution is -0.139. The summed E-state index contributed by atoms with van der Waals surface area (Å²) in [7, 11) is 0. The van der Waals surface area contributed by atoms with Crippen LogP contribution in [-0.2, 0) is 4.79 Å². The maximum absolute atomic E-state index is 11.9. The van der Waals surface area contributed by atoms with Crippen molar-refractivity contribution >= 4 is 5.97 Å². The molecule has 3 N–H and O–H groups in total. The average molecular weight is 254 g/mol. The lowest BCUT2D eigenvalue weighted by Gasteiger charge is -2.42. The molecule has 1 fully saturated rings. The fourth-order valence-corrected chi connectivity index (χ4v) is 1.83. The van der Waals surface area contributed by atoms with E-state index in [9.17, 15) is 18.0 Å². The highest BCUT2D eigenvalue weighted by molar-refractivity contribution is 5.68. The van der Waals surface area contributed by atoms with E-state index in [0.717, 1.165) is 0 Å². The Bertz CT molecular complexity index is 265. The van der Waals surface area contributed by atoms with Gasteiger partial charge in [0.2, 0.25) is 0 Å². The van der Waals surface area contributed by atoms with Gasteiger partial charge in [-0.1, -0.05) is 0 Å². The summed E-state index contributed by atoms with van der Waals surface area (Å²) in [5, 5.41) is 14.7. The van der Waals surface area contributed by atoms with Gasteiger partial charge in [-0.3, -0.25) is 4.79 Å². The minimum Gasteiger partial charge on any atom is -0.481 e. The number of halogens is 3. The SMILES string of the molecule is O=C(O)CC1(NCCCCC(F)(F)F)CNC1. The Balaban J connectivity index is 2.14. The first kappa shape index (κ1) is 14.2. The van der Waals surface area contributed by atoms with Gasteiger partial charge in [0.05, 0.1) is 12.0 Å². The second-order valence-corrected chi connectivity index (χ2v) is 4.45. The van der Waals surface area contributed by atoms with Crippen LogP contribution in [0.15, 0.2) is 0 Å². The Morgan fingerprint density at radius 2 is 2.00 bits per heavy atom. The predicted octanol–water partition coefficient (Wildman–Crippen LogP) is 1.13. The molecule has 0 atom stereocenters. The monoisotopic (exact) mass is 254 g/mol. The van der Waals surface area contributed by atoms with Gasteiger partial charge < -0.3 is 15.7 Å². The van der Waals surface area contributed by atoms with Crippen LogP contribution in [0, 0.1) is 0 Å². The molecular weight excluding hydrogens is 237 g/mol. The summed E-state index contributed by atoms with van der Waals surface area (Å²) in [4.78, 5) is 10.6. The third kappa shape index (κ3) is 5.36. The molecule has 0 aliphatic carbocycles. The van der Waals surface area contributed by atoms with Gasteiger partial charge in [-0.15, -0.1) is 0 Å². The van der Waals surface area contributed by atoms with Crippen molar-refractivity contribution in [3.63, 3.8) is 0 Å². The maximum Gasteiger partial charge on any atom is 0.389 e. The molecule has 0 unspecified atom stereocenters. The minimum absolute atomic E-state index is 0.000723. The number of unbranched alkanes of at least 4 members (excludes halogenated alkanes) is 1. The first-order valence-electron chi connectivity index (χ1n) is 5.57. The van der Waals surface area contributed by atoms with Crippen LogP contribution in [0.1, 0.15) is 25.7 Å². The summed E-state index contributed by atoms with van der Waals surface area (Å²) >= 11 is 0. The standard InChI is InChI=1S/C10H17F3N2O2/c11-10(12,13)3-1-2-4-15-9(5-8(16)17)6-14-7-9/h14-15H,1-7H2,(H,16,17). The van der Waals surface area contributed by atoms with Gasteiger partial charge in [0.25, 0.3) is 0 Å². The van der Waals surface area contributed by atoms with Crippen LogP contribution in [0.4, 0.5) is 13.2 Å². The van der Waals surface area contributed by atoms with E-state index in [1.54, 1.807) is 0 Å². The van der Waals surface area contributed by atoms with Gasteiger partial charge >= 0.3 is 12.1 Å². The van der Waals surface area contributed by atoms with Crippen molar-refractivity contribution in [3.05, 3.63) is 0 Å². The minimum atomic E-state index is -4.10. The number of carboxylic acid groups (broad SMARTS) is 1. The fraction of sp³-hybridized carbons (Fsp3) is 0.900. The molecule has 0 radical (unpaired) electrons. The van der Waals surface area contributed by atoms with E-state index in [1.807, 2.05) is 0 Å². The van der Waals surface area contributed by atoms with Crippen LogP contribution in [0.3, 0.4) is 0 Å². The fourth-order valence-electron chi connectivity index (χ4n) is 1.83. The van der Waals surface area contributed by atoms with Crippen molar-refractivity contribution in [3.8, 4) is 0 Å². The van der Waals surface area contributed by atoms with Crippen LogP contribution >= 0.6 is 0 Å². The Hall–Kier alpha value is -0.820. The molecule has 0 amide bonds. The van der Waals surface area contributed by atoms with Gasteiger partial charge in [0.15, 0.2) is 0 Å². The number of alkyl halides is 3. The topological polar surface area (TPSA) is 61.4 Å². The number of carboxylic acids is 1. The number of carbonyl (C=O) groups is 1. The zero-order valence-corrected chi connectivity index (χ0v) is 9.44. The normalized spacial score (nSPS) is 18.8. The van der Waals surface area contributed by atoms with Gasteiger partial charge in [0.1, 0.15) is 0 Å². The van der Waals surface area contributed by atoms with Gasteiger partial charge in [0, 0.05) is 19.5 Å². The molecule has 1 aliphatic heterocycles. The molecule has 1 saturated heterocycles. The molecule has 0 saturated carbocycles. The van der Waals surface area contributed by atoms with E-state index in [0.29, 0.717) is 26.1 Å². The maximum atomic E-state index is 11.9. The van der Waals surface area contributed by atoms with E-state index in [-0.39, 0.29) is 12.8 Å². The molecule has 1 rings (SSSR count). The average Bonchev–Trinajstić information content (AvgIpc) is 2.10. The second kappa shape index (κ2) is 5.68. The summed E-state index contributed by atoms with van der Waals surface area (Å²) in [5.41, 5.74) is -0.468. The summed E-state index contributed by atoms with van der Waals surface area (Å²) in [5.74, 6) is -0.894. The largest absolute Gasteiger partial charge is 0.481 e. The molecular formula is C10H17F3N2O2. The summed E-state index contributed by atoms with van der Waals surface area (Å²) in [6, 6.07) is 0. The van der Waals surface area contributed by atoms with Crippen LogP contribution in [0.25, 0.3) is 0 Å². The van der Waals surface area contributed by atoms with E-state index < -0.39 is 24.1 Å². The van der Waals surface area contributed by atoms with Gasteiger partial charge in [-0.25, -0.2) is 0 Å². The molecule has 4 nitrogen and oxygen atoms in total. The molecule has 100 valence electrons. The highest BCUT2D eigenvalue weighted by atomic mass is 19.4. The third-order valence-electron chi connectivity index (χ3n) is 2.80. The van der Waals surface area contributed by atoms with Gasteiger partial charge in [-0.2, -0.15) is 13.2 Å². The molecule has 7 heteroatoms. The van der Waals surface area contributed by atoms with Crippen molar-refractivity contribution in [2.75, 3.05) is 19.6 Å². The Morgan fingerprint density at radius 3 is 2.41 bits per heavy atom. The molecule has 1 aliphatic rings. The van der Waals surface area contributed by atoms with E-state index in [1.165, 1.54) is 0 Å². The van der Waals surface area contributed by atoms with Crippen LogP contribution in [0.2, 0.25) is 0 Å². The second-order valence-electron chi connectivity index (χ2n) is 4.45. The van der Waals surface area contributed by atoms with E-state index >= 15 is 0 Å². The Kier molecular flexibility index (Phi) is 4.76. The lowest BCUT2D eigenvalue weighted by Crippen LogP contribution is -2.68. The van der Waals surface area contributed by atoms with Crippen molar-refractivity contribution in [1.82, 2.24) is 10.6 Å². The summed E-state index contributed by atoms with van der Waals surface area (Å²) < 4.78 is 35.6. The quantitative estimate of drug-likeness (QED) is 0.596. The number of aliphatic carboxylic acids is 1. The molecule has 0 bridgehead atoms. The summed E-state index contributed by atoms with van der Waals surface area (Å²) in [6.07, 6.45) is -4.40. The van der Waals surface area contributed by atoms with Gasteiger partial charge in [-0.05, 0) is 19.4 Å². The zero-order valence-electron chi connectivity index (χ0n) is 9.44. The highest BCUT2D eigenvalue weighted by Gasteiger charge is 2.38. The van der Waals surface area contributed by atoms with Crippen LogP contribution < -0.4 is 10.6 Å². The van der Waals surface area contributed by atoms with Crippen molar-refractivity contribution in [2.45, 2.75) is 37.4 Å². The highest BCUT2D eigenvalue weighted by Crippen LogP contribution is 2.22. The van der Waals surface area contributed by atoms with Crippen LogP contribution in [-0.4, -0.2) is 42.4 Å². The predicted molar refractivity (Wildman–Crippen MR) is 55.8 cm³/mol. The Labute approximate surface area is 97.6 Å². The first-order chi connectivity index (χ1) is 7.83. The number of hydrogen-bond acceptors (Lipinski definition) is 3. The lowest BCUT2D eigenvalue weighted by atomic mass is 9.88. The number of rotatable bonds is 7. The molecule has 0 aromatic carbocycles. The third-order valence-corrected chi connectivity index (χ3v) is 2.80. The number of nitrogens with one attached hydrogen (secondary N) is 2. The first-order valence-corrected chi connectivity index (χ1v) is 5.57. The van der Waals surface area contributed by atoms with E-state index in [2.05, 4.69) is 10.6 Å². The van der Waals surface area contributed by atoms with Crippen molar-refractivity contribution in [1.29, 1.82) is 0 Å². The molecule has 17 heavy (non-hydrogen) atoms. The Morgan fingerprint density at radius 1 is 1.35 bits per heavy atom. The smallest absolute Gasteiger partial charge is 0.389 e. The van der Waals surface area contributed by atoms with Crippen molar-refractivity contribution < 1.29 is 23.1 Å². The molecule has 1 heterocycles.